The summed E-state index contributed by atoms with van der Waals surface area (Å²) in [7, 11) is 0. The van der Waals surface area contributed by atoms with Gasteiger partial charge in [0.15, 0.2) is 17.4 Å². The quantitative estimate of drug-likeness (QED) is 0.755. The molecule has 0 aliphatic carbocycles. The Hall–Kier alpha value is -2.38. The number of nitrogens with one attached hydrogen (secondary N) is 1. The second-order valence-electron chi connectivity index (χ2n) is 6.06. The van der Waals surface area contributed by atoms with Gasteiger partial charge in [-0.2, -0.15) is 0 Å². The summed E-state index contributed by atoms with van der Waals surface area (Å²) in [6.07, 6.45) is 0.274. The Morgan fingerprint density at radius 1 is 1.29 bits per heavy atom. The van der Waals surface area contributed by atoms with Crippen LogP contribution in [0.3, 0.4) is 0 Å². The highest BCUT2D eigenvalue weighted by Crippen LogP contribution is 2.31. The molecule has 8 heteroatoms. The molecule has 0 bridgehead atoms. The number of hydrogen-bond acceptors (Lipinski definition) is 4. The molecule has 2 N–H and O–H groups in total. The van der Waals surface area contributed by atoms with Crippen molar-refractivity contribution in [2.24, 2.45) is 0 Å². The fourth-order valence-corrected chi connectivity index (χ4v) is 1.77. The van der Waals surface area contributed by atoms with E-state index in [4.69, 9.17) is 14.6 Å². The fourth-order valence-electron chi connectivity index (χ4n) is 1.77. The lowest BCUT2D eigenvalue weighted by Crippen LogP contribution is -2.28. The summed E-state index contributed by atoms with van der Waals surface area (Å²) in [5.41, 5.74) is -2.29. The number of benzene rings is 1. The van der Waals surface area contributed by atoms with Gasteiger partial charge in [0.2, 0.25) is 0 Å². The highest BCUT2D eigenvalue weighted by molar-refractivity contribution is 5.99. The van der Waals surface area contributed by atoms with E-state index in [0.29, 0.717) is 12.5 Å². The number of halogens is 2. The normalized spacial score (nSPS) is 11.1. The molecule has 1 amide bonds. The fraction of sp³-hybridized carbons (Fsp3) is 0.500. The van der Waals surface area contributed by atoms with Gasteiger partial charge in [-0.15, -0.1) is 0 Å². The van der Waals surface area contributed by atoms with Crippen molar-refractivity contribution >= 4 is 17.7 Å². The molecule has 0 fully saturated rings. The minimum absolute atomic E-state index is 0.0439. The van der Waals surface area contributed by atoms with E-state index in [1.165, 1.54) is 0 Å². The first kappa shape index (κ1) is 19.7. The van der Waals surface area contributed by atoms with E-state index in [0.717, 1.165) is 6.42 Å². The number of carbonyl (C=O) groups excluding carboxylic acids is 1. The number of carboxylic acid groups (broad SMARTS) is 1. The minimum atomic E-state index is -1.67. The number of amides is 1. The summed E-state index contributed by atoms with van der Waals surface area (Å²) in [4.78, 5) is 23.0. The lowest BCUT2D eigenvalue weighted by Gasteiger charge is -2.20. The number of carboxylic acids is 1. The van der Waals surface area contributed by atoms with E-state index in [1.54, 1.807) is 20.8 Å². The van der Waals surface area contributed by atoms with Gasteiger partial charge in [-0.3, -0.25) is 5.32 Å². The molecule has 0 aliphatic rings. The first-order valence-electron chi connectivity index (χ1n) is 7.45. The van der Waals surface area contributed by atoms with Gasteiger partial charge in [-0.25, -0.2) is 18.4 Å². The summed E-state index contributed by atoms with van der Waals surface area (Å²) < 4.78 is 38.3. The molecule has 1 aromatic carbocycles. The third-order valence-electron chi connectivity index (χ3n) is 2.77. The van der Waals surface area contributed by atoms with Gasteiger partial charge in [-0.05, 0) is 27.2 Å². The predicted octanol–water partition coefficient (Wildman–Crippen LogP) is 4.19. The number of unbranched alkanes of at least 4 members (excludes halogenated alkanes) is 1. The molecule has 0 saturated carbocycles. The highest BCUT2D eigenvalue weighted by atomic mass is 19.1. The van der Waals surface area contributed by atoms with Crippen molar-refractivity contribution in [1.82, 2.24) is 0 Å². The van der Waals surface area contributed by atoms with Crippen LogP contribution in [-0.2, 0) is 4.74 Å². The van der Waals surface area contributed by atoms with E-state index in [9.17, 15) is 18.4 Å². The average Bonchev–Trinajstić information content (AvgIpc) is 2.39. The minimum Gasteiger partial charge on any atom is -0.488 e. The molecular formula is C16H21F2NO5. The maximum atomic E-state index is 14.3. The van der Waals surface area contributed by atoms with Crippen LogP contribution in [0.15, 0.2) is 6.07 Å². The number of rotatable bonds is 6. The summed E-state index contributed by atoms with van der Waals surface area (Å²) in [6, 6.07) is 0.692. The Kier molecular flexibility index (Phi) is 6.51. The predicted molar refractivity (Wildman–Crippen MR) is 83.6 cm³/mol. The Bertz CT molecular complexity index is 626. The van der Waals surface area contributed by atoms with Crippen molar-refractivity contribution in [2.75, 3.05) is 11.9 Å². The third kappa shape index (κ3) is 5.36. The van der Waals surface area contributed by atoms with E-state index in [2.05, 4.69) is 0 Å². The van der Waals surface area contributed by atoms with Gasteiger partial charge in [0.25, 0.3) is 0 Å². The SMILES string of the molecule is CCCCOc1c(F)cc(NC(=O)OC(C)(C)C)c(C(=O)O)c1F. The molecule has 0 spiro atoms. The molecule has 0 radical (unpaired) electrons. The van der Waals surface area contributed by atoms with E-state index in [1.807, 2.05) is 12.2 Å². The first-order valence-corrected chi connectivity index (χ1v) is 7.45. The molecule has 0 aromatic heterocycles. The van der Waals surface area contributed by atoms with Crippen LogP contribution in [0.5, 0.6) is 5.75 Å². The molecule has 0 aliphatic heterocycles. The van der Waals surface area contributed by atoms with Crippen LogP contribution in [0.2, 0.25) is 0 Å². The Morgan fingerprint density at radius 3 is 2.42 bits per heavy atom. The lowest BCUT2D eigenvalue weighted by molar-refractivity contribution is 0.0636. The lowest BCUT2D eigenvalue weighted by atomic mass is 10.1. The van der Waals surface area contributed by atoms with Gasteiger partial charge in [0, 0.05) is 6.07 Å². The topological polar surface area (TPSA) is 84.9 Å². The molecule has 0 atom stereocenters. The third-order valence-corrected chi connectivity index (χ3v) is 2.77. The van der Waals surface area contributed by atoms with E-state index < -0.39 is 46.3 Å². The zero-order valence-corrected chi connectivity index (χ0v) is 14.0. The van der Waals surface area contributed by atoms with Crippen LogP contribution in [0, 0.1) is 11.6 Å². The van der Waals surface area contributed by atoms with Crippen molar-refractivity contribution in [2.45, 2.75) is 46.1 Å². The summed E-state index contributed by atoms with van der Waals surface area (Å²) in [5.74, 6) is -4.95. The smallest absolute Gasteiger partial charge is 0.412 e. The number of carbonyl (C=O) groups is 2. The van der Waals surface area contributed by atoms with Crippen molar-refractivity contribution in [3.8, 4) is 5.75 Å². The highest BCUT2D eigenvalue weighted by Gasteiger charge is 2.27. The van der Waals surface area contributed by atoms with Crippen LogP contribution >= 0.6 is 0 Å². The van der Waals surface area contributed by atoms with Crippen molar-refractivity contribution in [3.05, 3.63) is 23.3 Å². The molecular weight excluding hydrogens is 324 g/mol. The van der Waals surface area contributed by atoms with E-state index in [-0.39, 0.29) is 6.61 Å². The second kappa shape index (κ2) is 7.94. The molecule has 134 valence electrons. The number of aromatic carboxylic acids is 1. The summed E-state index contributed by atoms with van der Waals surface area (Å²) in [5, 5.41) is 11.2. The molecule has 1 rings (SSSR count). The summed E-state index contributed by atoms with van der Waals surface area (Å²) in [6.45, 7) is 6.69. The number of anilines is 1. The maximum Gasteiger partial charge on any atom is 0.412 e. The van der Waals surface area contributed by atoms with Gasteiger partial charge in [0.1, 0.15) is 11.2 Å². The van der Waals surface area contributed by atoms with Gasteiger partial charge < -0.3 is 14.6 Å². The molecule has 0 heterocycles. The Morgan fingerprint density at radius 2 is 1.92 bits per heavy atom. The van der Waals surface area contributed by atoms with Crippen molar-refractivity contribution in [1.29, 1.82) is 0 Å². The zero-order valence-electron chi connectivity index (χ0n) is 14.0. The van der Waals surface area contributed by atoms with Crippen molar-refractivity contribution < 1.29 is 33.0 Å². The van der Waals surface area contributed by atoms with Crippen LogP contribution in [-0.4, -0.2) is 29.4 Å². The van der Waals surface area contributed by atoms with E-state index >= 15 is 0 Å². The molecule has 0 unspecified atom stereocenters. The Labute approximate surface area is 138 Å². The largest absolute Gasteiger partial charge is 0.488 e. The first-order chi connectivity index (χ1) is 11.1. The molecule has 24 heavy (non-hydrogen) atoms. The summed E-state index contributed by atoms with van der Waals surface area (Å²) >= 11 is 0. The van der Waals surface area contributed by atoms with Crippen LogP contribution in [0.1, 0.15) is 50.9 Å². The van der Waals surface area contributed by atoms with Crippen LogP contribution in [0.25, 0.3) is 0 Å². The monoisotopic (exact) mass is 345 g/mol. The van der Waals surface area contributed by atoms with Crippen LogP contribution < -0.4 is 10.1 Å². The Balaban J connectivity index is 3.17. The van der Waals surface area contributed by atoms with Gasteiger partial charge in [-0.1, -0.05) is 13.3 Å². The molecule has 0 saturated heterocycles. The second-order valence-corrected chi connectivity index (χ2v) is 6.06. The van der Waals surface area contributed by atoms with Crippen LogP contribution in [0.4, 0.5) is 19.3 Å². The van der Waals surface area contributed by atoms with Gasteiger partial charge >= 0.3 is 12.1 Å². The average molecular weight is 345 g/mol. The molecule has 1 aromatic rings. The number of ether oxygens (including phenoxy) is 2. The number of hydrogen-bond donors (Lipinski definition) is 2. The van der Waals surface area contributed by atoms with Crippen molar-refractivity contribution in [3.63, 3.8) is 0 Å². The standard InChI is InChI=1S/C16H21F2NO5/c1-5-6-7-23-13-9(17)8-10(11(12(13)18)14(20)21)19-15(22)24-16(2,3)4/h8H,5-7H2,1-4H3,(H,19,22)(H,20,21). The zero-order chi connectivity index (χ0) is 18.5. The molecule has 6 nitrogen and oxygen atoms in total. The van der Waals surface area contributed by atoms with Gasteiger partial charge in [0.05, 0.1) is 12.3 Å². The maximum absolute atomic E-state index is 14.3.